The number of amides is 1. The second kappa shape index (κ2) is 7.50. The van der Waals surface area contributed by atoms with E-state index in [9.17, 15) is 9.59 Å². The van der Waals surface area contributed by atoms with Crippen LogP contribution in [0.15, 0.2) is 0 Å². The molecule has 0 bridgehead atoms. The molecule has 2 N–H and O–H groups in total. The van der Waals surface area contributed by atoms with Crippen molar-refractivity contribution in [3.63, 3.8) is 0 Å². The summed E-state index contributed by atoms with van der Waals surface area (Å²) in [6.07, 6.45) is 0.657. The number of hydrogen-bond donors (Lipinski definition) is 2. The van der Waals surface area contributed by atoms with Crippen LogP contribution in [0.3, 0.4) is 0 Å². The molecule has 0 atom stereocenters. The topological polar surface area (TPSA) is 58.2 Å². The summed E-state index contributed by atoms with van der Waals surface area (Å²) in [7, 11) is 1.83. The van der Waals surface area contributed by atoms with Gasteiger partial charge in [-0.25, -0.2) is 0 Å². The Balaban J connectivity index is 3.49. The fourth-order valence-electron chi connectivity index (χ4n) is 0.941. The van der Waals surface area contributed by atoms with E-state index in [1.807, 2.05) is 20.9 Å². The van der Waals surface area contributed by atoms with Gasteiger partial charge in [-0.3, -0.25) is 9.59 Å². The van der Waals surface area contributed by atoms with Gasteiger partial charge in [-0.05, 0) is 7.05 Å². The smallest absolute Gasteiger partial charge is 0.220 e. The molecule has 0 aromatic rings. The fraction of sp³-hybridized carbons (Fsp3) is 0.800. The molecule has 1 amide bonds. The van der Waals surface area contributed by atoms with Gasteiger partial charge in [-0.15, -0.1) is 0 Å². The van der Waals surface area contributed by atoms with E-state index in [2.05, 4.69) is 10.6 Å². The lowest BCUT2D eigenvalue weighted by Gasteiger charge is -2.05. The van der Waals surface area contributed by atoms with E-state index in [4.69, 9.17) is 0 Å². The second-order valence-electron chi connectivity index (χ2n) is 3.57. The minimum absolute atomic E-state index is 0.0279. The van der Waals surface area contributed by atoms with Crippen LogP contribution >= 0.6 is 0 Å². The van der Waals surface area contributed by atoms with Gasteiger partial charge in [0.2, 0.25) is 5.91 Å². The summed E-state index contributed by atoms with van der Waals surface area (Å²) in [6, 6.07) is 0. The number of hydrogen-bond acceptors (Lipinski definition) is 3. The number of Topliss-reactive ketones (excluding diaryl/α,β-unsaturated/α-hetero) is 1. The Bertz CT molecular complexity index is 191. The quantitative estimate of drug-likeness (QED) is 0.582. The van der Waals surface area contributed by atoms with Crippen LogP contribution in [-0.4, -0.2) is 31.8 Å². The van der Waals surface area contributed by atoms with Crippen LogP contribution in [0.2, 0.25) is 0 Å². The molecule has 0 aliphatic rings. The average Bonchev–Trinajstić information content (AvgIpc) is 2.14. The summed E-state index contributed by atoms with van der Waals surface area (Å²) in [5.74, 6) is 0.128. The molecule has 0 saturated carbocycles. The summed E-state index contributed by atoms with van der Waals surface area (Å²) >= 11 is 0. The van der Waals surface area contributed by atoms with Crippen LogP contribution in [0, 0.1) is 5.92 Å². The van der Waals surface area contributed by atoms with Gasteiger partial charge in [0.25, 0.3) is 0 Å². The first-order valence-corrected chi connectivity index (χ1v) is 5.02. The first-order valence-electron chi connectivity index (χ1n) is 5.02. The minimum Gasteiger partial charge on any atom is -0.355 e. The number of rotatable bonds is 7. The summed E-state index contributed by atoms with van der Waals surface area (Å²) in [5, 5.41) is 5.65. The van der Waals surface area contributed by atoms with Gasteiger partial charge in [0.1, 0.15) is 5.78 Å². The Hall–Kier alpha value is -0.900. The molecular formula is C10H20N2O2. The minimum atomic E-state index is -0.0470. The van der Waals surface area contributed by atoms with Crippen LogP contribution in [0.4, 0.5) is 0 Å². The predicted molar refractivity (Wildman–Crippen MR) is 56.0 cm³/mol. The first-order chi connectivity index (χ1) is 6.57. The fourth-order valence-corrected chi connectivity index (χ4v) is 0.941. The first kappa shape index (κ1) is 13.1. The van der Waals surface area contributed by atoms with E-state index in [-0.39, 0.29) is 17.6 Å². The molecule has 14 heavy (non-hydrogen) atoms. The molecule has 4 heteroatoms. The molecule has 0 radical (unpaired) electrons. The Morgan fingerprint density at radius 2 is 1.79 bits per heavy atom. The Morgan fingerprint density at radius 3 is 2.29 bits per heavy atom. The van der Waals surface area contributed by atoms with E-state index in [0.717, 1.165) is 6.54 Å². The van der Waals surface area contributed by atoms with Crippen molar-refractivity contribution in [1.29, 1.82) is 0 Å². The highest BCUT2D eigenvalue weighted by Gasteiger charge is 2.09. The molecule has 0 unspecified atom stereocenters. The van der Waals surface area contributed by atoms with Gasteiger partial charge < -0.3 is 10.6 Å². The Morgan fingerprint density at radius 1 is 1.14 bits per heavy atom. The molecule has 4 nitrogen and oxygen atoms in total. The number of carbonyl (C=O) groups is 2. The van der Waals surface area contributed by atoms with E-state index in [1.54, 1.807) is 0 Å². The summed E-state index contributed by atoms with van der Waals surface area (Å²) < 4.78 is 0. The van der Waals surface area contributed by atoms with Crippen molar-refractivity contribution in [2.45, 2.75) is 26.7 Å². The molecule has 0 aliphatic carbocycles. The molecular weight excluding hydrogens is 180 g/mol. The summed E-state index contributed by atoms with van der Waals surface area (Å²) in [5.41, 5.74) is 0. The van der Waals surface area contributed by atoms with Crippen molar-refractivity contribution in [2.75, 3.05) is 20.1 Å². The highest BCUT2D eigenvalue weighted by atomic mass is 16.2. The van der Waals surface area contributed by atoms with Crippen LogP contribution in [0.25, 0.3) is 0 Å². The highest BCUT2D eigenvalue weighted by Crippen LogP contribution is 2.01. The molecule has 0 aromatic heterocycles. The normalized spacial score (nSPS) is 10.3. The molecule has 0 aliphatic heterocycles. The Labute approximate surface area is 85.4 Å². The maximum atomic E-state index is 11.2. The van der Waals surface area contributed by atoms with Crippen molar-refractivity contribution in [3.8, 4) is 0 Å². The number of nitrogens with one attached hydrogen (secondary N) is 2. The van der Waals surface area contributed by atoms with Gasteiger partial charge in [0.05, 0.1) is 0 Å². The molecule has 0 saturated heterocycles. The van der Waals surface area contributed by atoms with Crippen LogP contribution in [0.5, 0.6) is 0 Å². The van der Waals surface area contributed by atoms with Crippen LogP contribution < -0.4 is 10.6 Å². The maximum Gasteiger partial charge on any atom is 0.220 e. The van der Waals surface area contributed by atoms with E-state index in [1.165, 1.54) is 0 Å². The van der Waals surface area contributed by atoms with Gasteiger partial charge >= 0.3 is 0 Å². The third-order valence-electron chi connectivity index (χ3n) is 1.94. The number of likely N-dealkylation sites (N-methyl/N-ethyl adjacent to an activating group) is 1. The standard InChI is InChI=1S/C10H20N2O2/c1-8(2)9(13)4-5-10(14)12-7-6-11-3/h8,11H,4-7H2,1-3H3,(H,12,14). The molecule has 0 aromatic carbocycles. The van der Waals surface area contributed by atoms with Gasteiger partial charge in [-0.1, -0.05) is 13.8 Å². The monoisotopic (exact) mass is 200 g/mol. The van der Waals surface area contributed by atoms with E-state index in [0.29, 0.717) is 19.4 Å². The van der Waals surface area contributed by atoms with E-state index >= 15 is 0 Å². The van der Waals surface area contributed by atoms with Crippen molar-refractivity contribution in [1.82, 2.24) is 10.6 Å². The van der Waals surface area contributed by atoms with Crippen molar-refractivity contribution >= 4 is 11.7 Å². The van der Waals surface area contributed by atoms with Gasteiger partial charge in [-0.2, -0.15) is 0 Å². The molecule has 0 spiro atoms. The third kappa shape index (κ3) is 6.60. The molecule has 0 heterocycles. The lowest BCUT2D eigenvalue weighted by atomic mass is 10.0. The zero-order valence-electron chi connectivity index (χ0n) is 9.22. The van der Waals surface area contributed by atoms with E-state index < -0.39 is 0 Å². The van der Waals surface area contributed by atoms with Crippen molar-refractivity contribution in [2.24, 2.45) is 5.92 Å². The summed E-state index contributed by atoms with van der Waals surface area (Å²) in [4.78, 5) is 22.3. The van der Waals surface area contributed by atoms with Crippen molar-refractivity contribution in [3.05, 3.63) is 0 Å². The molecule has 82 valence electrons. The lowest BCUT2D eigenvalue weighted by molar-refractivity contribution is -0.126. The SMILES string of the molecule is CNCCNC(=O)CCC(=O)C(C)C. The summed E-state index contributed by atoms with van der Waals surface area (Å²) in [6.45, 7) is 5.07. The lowest BCUT2D eigenvalue weighted by Crippen LogP contribution is -2.30. The zero-order chi connectivity index (χ0) is 11.0. The van der Waals surface area contributed by atoms with Gasteiger partial charge in [0.15, 0.2) is 0 Å². The predicted octanol–water partition coefficient (Wildman–Crippen LogP) is 0.327. The highest BCUT2D eigenvalue weighted by molar-refractivity contribution is 5.85. The van der Waals surface area contributed by atoms with Crippen LogP contribution in [0.1, 0.15) is 26.7 Å². The zero-order valence-corrected chi connectivity index (χ0v) is 9.22. The van der Waals surface area contributed by atoms with Crippen molar-refractivity contribution < 1.29 is 9.59 Å². The molecule has 0 fully saturated rings. The number of ketones is 1. The Kier molecular flexibility index (Phi) is 7.02. The second-order valence-corrected chi connectivity index (χ2v) is 3.57. The van der Waals surface area contributed by atoms with Gasteiger partial charge in [0, 0.05) is 31.8 Å². The average molecular weight is 200 g/mol. The number of carbonyl (C=O) groups excluding carboxylic acids is 2. The van der Waals surface area contributed by atoms with Crippen LogP contribution in [-0.2, 0) is 9.59 Å². The maximum absolute atomic E-state index is 11.2. The third-order valence-corrected chi connectivity index (χ3v) is 1.94. The molecule has 0 rings (SSSR count). The largest absolute Gasteiger partial charge is 0.355 e.